The van der Waals surface area contributed by atoms with Crippen LogP contribution >= 0.6 is 0 Å². The molecular weight excluding hydrogens is 431 g/mol. The first-order valence-electron chi connectivity index (χ1n) is 10.4. The molecule has 0 aliphatic rings. The van der Waals surface area contributed by atoms with Crippen molar-refractivity contribution in [1.82, 2.24) is 9.47 Å². The van der Waals surface area contributed by atoms with Crippen molar-refractivity contribution in [2.75, 3.05) is 13.1 Å². The number of nitrogens with zero attached hydrogens (tertiary/aromatic N) is 3. The minimum Gasteiger partial charge on any atom is -0.339 e. The van der Waals surface area contributed by atoms with E-state index in [4.69, 9.17) is 0 Å². The van der Waals surface area contributed by atoms with Gasteiger partial charge in [0.05, 0.1) is 17.8 Å². The standard InChI is InChI=1S/C25H22F3N3O2/c1-3-30(4-2)23(32)19-12-8-11-18(13-19)22-14-21(25(26,27)28)20(15-29)24(33)31(22)16-17-9-6-5-7-10-17/h5-14H,3-4,16H2,1-2H3. The van der Waals surface area contributed by atoms with Gasteiger partial charge in [0, 0.05) is 18.7 Å². The Morgan fingerprint density at radius 1 is 1.03 bits per heavy atom. The number of hydrogen-bond donors (Lipinski definition) is 0. The lowest BCUT2D eigenvalue weighted by atomic mass is 10.0. The molecule has 33 heavy (non-hydrogen) atoms. The molecule has 8 heteroatoms. The average Bonchev–Trinajstić information content (AvgIpc) is 2.81. The third-order valence-electron chi connectivity index (χ3n) is 5.36. The molecule has 0 aliphatic heterocycles. The second kappa shape index (κ2) is 9.74. The Kier molecular flexibility index (Phi) is 7.02. The molecule has 3 aromatic rings. The monoisotopic (exact) mass is 453 g/mol. The minimum atomic E-state index is -4.89. The lowest BCUT2D eigenvalue weighted by Crippen LogP contribution is -2.30. The number of alkyl halides is 3. The highest BCUT2D eigenvalue weighted by molar-refractivity contribution is 5.95. The highest BCUT2D eigenvalue weighted by atomic mass is 19.4. The molecule has 170 valence electrons. The molecule has 0 saturated carbocycles. The fourth-order valence-electron chi connectivity index (χ4n) is 3.65. The van der Waals surface area contributed by atoms with Gasteiger partial charge in [0.25, 0.3) is 11.5 Å². The summed E-state index contributed by atoms with van der Waals surface area (Å²) in [6.07, 6.45) is -4.89. The van der Waals surface area contributed by atoms with Gasteiger partial charge in [-0.3, -0.25) is 9.59 Å². The number of hydrogen-bond acceptors (Lipinski definition) is 3. The van der Waals surface area contributed by atoms with Crippen LogP contribution in [0.4, 0.5) is 13.2 Å². The van der Waals surface area contributed by atoms with Crippen molar-refractivity contribution in [1.29, 1.82) is 5.26 Å². The number of pyridine rings is 1. The van der Waals surface area contributed by atoms with Crippen LogP contribution in [-0.4, -0.2) is 28.5 Å². The molecule has 0 fully saturated rings. The first-order chi connectivity index (χ1) is 15.7. The Balaban J connectivity index is 2.27. The van der Waals surface area contributed by atoms with Crippen molar-refractivity contribution in [2.24, 2.45) is 0 Å². The van der Waals surface area contributed by atoms with Crippen LogP contribution in [0.5, 0.6) is 0 Å². The molecule has 1 heterocycles. The third kappa shape index (κ3) is 4.98. The van der Waals surface area contributed by atoms with E-state index in [0.717, 1.165) is 10.6 Å². The molecule has 5 nitrogen and oxygen atoms in total. The van der Waals surface area contributed by atoms with Gasteiger partial charge < -0.3 is 9.47 Å². The molecule has 1 aromatic heterocycles. The number of benzene rings is 2. The van der Waals surface area contributed by atoms with Crippen LogP contribution in [0, 0.1) is 11.3 Å². The highest BCUT2D eigenvalue weighted by Gasteiger charge is 2.36. The van der Waals surface area contributed by atoms with Gasteiger partial charge in [0.15, 0.2) is 0 Å². The van der Waals surface area contributed by atoms with Gasteiger partial charge in [-0.1, -0.05) is 42.5 Å². The van der Waals surface area contributed by atoms with Gasteiger partial charge in [-0.05, 0) is 43.2 Å². The molecule has 0 bridgehead atoms. The van der Waals surface area contributed by atoms with Gasteiger partial charge in [-0.15, -0.1) is 0 Å². The van der Waals surface area contributed by atoms with Crippen LogP contribution in [0.3, 0.4) is 0 Å². The summed E-state index contributed by atoms with van der Waals surface area (Å²) in [5.74, 6) is -0.261. The summed E-state index contributed by atoms with van der Waals surface area (Å²) in [7, 11) is 0. The zero-order valence-corrected chi connectivity index (χ0v) is 18.2. The first-order valence-corrected chi connectivity index (χ1v) is 10.4. The average molecular weight is 453 g/mol. The molecule has 0 atom stereocenters. The zero-order chi connectivity index (χ0) is 24.2. The lowest BCUT2D eigenvalue weighted by molar-refractivity contribution is -0.137. The normalized spacial score (nSPS) is 11.2. The summed E-state index contributed by atoms with van der Waals surface area (Å²) < 4.78 is 42.3. The number of halogens is 3. The van der Waals surface area contributed by atoms with Crippen LogP contribution in [0.1, 0.15) is 40.9 Å². The zero-order valence-electron chi connectivity index (χ0n) is 18.2. The van der Waals surface area contributed by atoms with Gasteiger partial charge >= 0.3 is 6.18 Å². The Morgan fingerprint density at radius 2 is 1.70 bits per heavy atom. The molecule has 0 saturated heterocycles. The maximum atomic E-state index is 13.7. The largest absolute Gasteiger partial charge is 0.417 e. The summed E-state index contributed by atoms with van der Waals surface area (Å²) in [4.78, 5) is 27.4. The molecule has 0 spiro atoms. The van der Waals surface area contributed by atoms with Crippen molar-refractivity contribution >= 4 is 5.91 Å². The molecule has 0 aliphatic carbocycles. The van der Waals surface area contributed by atoms with E-state index in [2.05, 4.69) is 0 Å². The SMILES string of the molecule is CCN(CC)C(=O)c1cccc(-c2cc(C(F)(F)F)c(C#N)c(=O)n2Cc2ccccc2)c1. The fourth-order valence-corrected chi connectivity index (χ4v) is 3.65. The summed E-state index contributed by atoms with van der Waals surface area (Å²) >= 11 is 0. The fraction of sp³-hybridized carbons (Fsp3) is 0.240. The van der Waals surface area contributed by atoms with E-state index in [-0.39, 0.29) is 23.7 Å². The van der Waals surface area contributed by atoms with Crippen LogP contribution < -0.4 is 5.56 Å². The van der Waals surface area contributed by atoms with Crippen molar-refractivity contribution < 1.29 is 18.0 Å². The van der Waals surface area contributed by atoms with Crippen molar-refractivity contribution in [2.45, 2.75) is 26.6 Å². The molecule has 1 amide bonds. The van der Waals surface area contributed by atoms with E-state index in [1.54, 1.807) is 53.4 Å². The molecular formula is C25H22F3N3O2. The minimum absolute atomic E-state index is 0.0237. The van der Waals surface area contributed by atoms with Gasteiger partial charge in [-0.25, -0.2) is 0 Å². The smallest absolute Gasteiger partial charge is 0.339 e. The molecule has 0 N–H and O–H groups in total. The lowest BCUT2D eigenvalue weighted by Gasteiger charge is -2.20. The topological polar surface area (TPSA) is 66.1 Å². The number of carbonyl (C=O) groups is 1. The number of amides is 1. The van der Waals surface area contributed by atoms with E-state index >= 15 is 0 Å². The number of nitriles is 1. The highest BCUT2D eigenvalue weighted by Crippen LogP contribution is 2.34. The predicted molar refractivity (Wildman–Crippen MR) is 119 cm³/mol. The summed E-state index contributed by atoms with van der Waals surface area (Å²) in [5, 5.41) is 9.33. The maximum Gasteiger partial charge on any atom is 0.417 e. The van der Waals surface area contributed by atoms with E-state index in [0.29, 0.717) is 24.2 Å². The second-order valence-electron chi connectivity index (χ2n) is 7.36. The van der Waals surface area contributed by atoms with Crippen molar-refractivity contribution in [3.8, 4) is 17.3 Å². The molecule has 0 unspecified atom stereocenters. The van der Waals surface area contributed by atoms with Crippen molar-refractivity contribution in [3.63, 3.8) is 0 Å². The Labute approximate surface area is 189 Å². The summed E-state index contributed by atoms with van der Waals surface area (Å²) in [6, 6.07) is 17.1. The Bertz CT molecular complexity index is 1250. The van der Waals surface area contributed by atoms with Crippen LogP contribution in [0.25, 0.3) is 11.3 Å². The molecule has 2 aromatic carbocycles. The first kappa shape index (κ1) is 23.8. The van der Waals surface area contributed by atoms with Crippen LogP contribution in [0.2, 0.25) is 0 Å². The Morgan fingerprint density at radius 3 is 2.27 bits per heavy atom. The van der Waals surface area contributed by atoms with Gasteiger partial charge in [-0.2, -0.15) is 18.4 Å². The van der Waals surface area contributed by atoms with E-state index in [9.17, 15) is 28.0 Å². The third-order valence-corrected chi connectivity index (χ3v) is 5.36. The maximum absolute atomic E-state index is 13.7. The Hall–Kier alpha value is -3.86. The predicted octanol–water partition coefficient (Wildman–Crippen LogP) is 4.94. The van der Waals surface area contributed by atoms with Gasteiger partial charge in [0.1, 0.15) is 11.6 Å². The second-order valence-corrected chi connectivity index (χ2v) is 7.36. The van der Waals surface area contributed by atoms with Crippen LogP contribution in [0.15, 0.2) is 65.5 Å². The van der Waals surface area contributed by atoms with E-state index < -0.39 is 22.9 Å². The van der Waals surface area contributed by atoms with E-state index in [1.165, 1.54) is 12.1 Å². The summed E-state index contributed by atoms with van der Waals surface area (Å²) in [6.45, 7) is 4.59. The number of carbonyl (C=O) groups excluding carboxylic acids is 1. The molecule has 0 radical (unpaired) electrons. The van der Waals surface area contributed by atoms with Gasteiger partial charge in [0.2, 0.25) is 0 Å². The summed E-state index contributed by atoms with van der Waals surface area (Å²) in [5.41, 5.74) is -2.06. The quantitative estimate of drug-likeness (QED) is 0.531. The number of rotatable bonds is 6. The molecule has 3 rings (SSSR count). The van der Waals surface area contributed by atoms with Crippen molar-refractivity contribution in [3.05, 3.63) is 93.3 Å². The van der Waals surface area contributed by atoms with Crippen LogP contribution in [-0.2, 0) is 12.7 Å². The van der Waals surface area contributed by atoms with E-state index in [1.807, 2.05) is 13.8 Å². The number of aromatic nitrogens is 1.